The van der Waals surface area contributed by atoms with Gasteiger partial charge in [0.15, 0.2) is 5.65 Å². The molecule has 7 nitrogen and oxygen atoms in total. The van der Waals surface area contributed by atoms with E-state index in [1.807, 2.05) is 33.9 Å². The number of halogens is 1. The molecule has 8 heteroatoms. The molecule has 1 N–H and O–H groups in total. The molecule has 152 valence electrons. The Hall–Kier alpha value is -3.81. The number of pyridine rings is 1. The van der Waals surface area contributed by atoms with Gasteiger partial charge in [-0.3, -0.25) is 9.48 Å². The maximum absolute atomic E-state index is 13.2. The first-order valence-electron chi connectivity index (χ1n) is 9.44. The fraction of sp³-hybridized carbons (Fsp3) is 0.182. The van der Waals surface area contributed by atoms with E-state index in [1.165, 1.54) is 18.2 Å². The van der Waals surface area contributed by atoms with E-state index in [4.69, 9.17) is 0 Å². The van der Waals surface area contributed by atoms with Crippen LogP contribution in [0.1, 0.15) is 22.6 Å². The third-order valence-corrected chi connectivity index (χ3v) is 4.95. The van der Waals surface area contributed by atoms with E-state index in [2.05, 4.69) is 20.5 Å². The van der Waals surface area contributed by atoms with Gasteiger partial charge in [-0.15, -0.1) is 0 Å². The number of nitrogens with one attached hydrogen (secondary N) is 1. The minimum atomic E-state index is -0.300. The number of hydrogen-bond acceptors (Lipinski definition) is 4. The molecule has 4 rings (SSSR count). The van der Waals surface area contributed by atoms with Gasteiger partial charge in [0, 0.05) is 29.8 Å². The van der Waals surface area contributed by atoms with Gasteiger partial charge >= 0.3 is 0 Å². The maximum Gasteiger partial charge on any atom is 0.248 e. The Balaban J connectivity index is 1.54. The Morgan fingerprint density at radius 3 is 2.57 bits per heavy atom. The molecule has 0 atom stereocenters. The van der Waals surface area contributed by atoms with Crippen molar-refractivity contribution < 1.29 is 9.18 Å². The quantitative estimate of drug-likeness (QED) is 0.524. The first-order chi connectivity index (χ1) is 14.3. The summed E-state index contributed by atoms with van der Waals surface area (Å²) < 4.78 is 16.6. The second-order valence-electron chi connectivity index (χ2n) is 7.10. The van der Waals surface area contributed by atoms with E-state index in [1.54, 1.807) is 33.8 Å². The molecule has 1 aromatic carbocycles. The number of hydrogen-bond donors (Lipinski definition) is 1. The normalized spacial score (nSPS) is 11.5. The van der Waals surface area contributed by atoms with Gasteiger partial charge in [-0.05, 0) is 57.2 Å². The zero-order valence-corrected chi connectivity index (χ0v) is 17.1. The molecule has 4 aromatic rings. The summed E-state index contributed by atoms with van der Waals surface area (Å²) in [6, 6.07) is 7.98. The van der Waals surface area contributed by atoms with Crippen LogP contribution in [-0.2, 0) is 11.8 Å². The molecule has 0 saturated heterocycles. The molecule has 0 saturated carbocycles. The number of fused-ring (bicyclic) bond motifs is 1. The number of aromatic nitrogens is 5. The summed E-state index contributed by atoms with van der Waals surface area (Å²) in [5.41, 5.74) is 5.45. The lowest BCUT2D eigenvalue weighted by Crippen LogP contribution is -2.08. The molecule has 3 aromatic heterocycles. The molecule has 0 fully saturated rings. The molecule has 30 heavy (non-hydrogen) atoms. The Bertz CT molecular complexity index is 1280. The van der Waals surface area contributed by atoms with Gasteiger partial charge in [0.2, 0.25) is 5.91 Å². The minimum Gasteiger partial charge on any atom is -0.321 e. The van der Waals surface area contributed by atoms with E-state index in [9.17, 15) is 9.18 Å². The van der Waals surface area contributed by atoms with Crippen LogP contribution >= 0.6 is 0 Å². The van der Waals surface area contributed by atoms with Gasteiger partial charge in [0.1, 0.15) is 5.82 Å². The van der Waals surface area contributed by atoms with Crippen molar-refractivity contribution in [3.63, 3.8) is 0 Å². The number of nitrogens with zero attached hydrogens (tertiary/aromatic N) is 5. The van der Waals surface area contributed by atoms with Crippen LogP contribution in [0.4, 0.5) is 10.1 Å². The first-order valence-corrected chi connectivity index (χ1v) is 9.44. The van der Waals surface area contributed by atoms with Crippen LogP contribution in [0.25, 0.3) is 22.8 Å². The third kappa shape index (κ3) is 3.59. The van der Waals surface area contributed by atoms with E-state index in [0.29, 0.717) is 5.69 Å². The Labute approximate surface area is 172 Å². The summed E-state index contributed by atoms with van der Waals surface area (Å²) in [6.07, 6.45) is 4.80. The van der Waals surface area contributed by atoms with Crippen LogP contribution in [-0.4, -0.2) is 30.5 Å². The second-order valence-corrected chi connectivity index (χ2v) is 7.10. The summed E-state index contributed by atoms with van der Waals surface area (Å²) in [4.78, 5) is 16.8. The number of carbonyl (C=O) groups excluding carboxylic acids is 1. The first kappa shape index (κ1) is 19.5. The van der Waals surface area contributed by atoms with Crippen LogP contribution in [0, 0.1) is 26.6 Å². The average Bonchev–Trinajstić information content (AvgIpc) is 3.16. The van der Waals surface area contributed by atoms with Gasteiger partial charge in [0.25, 0.3) is 0 Å². The Morgan fingerprint density at radius 1 is 1.10 bits per heavy atom. The van der Waals surface area contributed by atoms with Gasteiger partial charge < -0.3 is 5.32 Å². The standard InChI is InChI=1S/C22H21FN6O/c1-13-19(15(3)29(27-13)18-7-5-16(23)6-8-18)9-10-21(30)25-17-11-20-14(2)26-28(4)22(20)24-12-17/h5-12H,1-4H3,(H,25,30)/b10-9+. The molecule has 0 bridgehead atoms. The van der Waals surface area contributed by atoms with Crippen molar-refractivity contribution in [1.82, 2.24) is 24.5 Å². The van der Waals surface area contributed by atoms with E-state index in [-0.39, 0.29) is 11.7 Å². The minimum absolute atomic E-state index is 0.272. The fourth-order valence-electron chi connectivity index (χ4n) is 3.45. The molecule has 3 heterocycles. The van der Waals surface area contributed by atoms with Crippen molar-refractivity contribution in [3.05, 3.63) is 71.1 Å². The third-order valence-electron chi connectivity index (χ3n) is 4.95. The largest absolute Gasteiger partial charge is 0.321 e. The second kappa shape index (κ2) is 7.55. The van der Waals surface area contributed by atoms with Gasteiger partial charge in [-0.25, -0.2) is 14.1 Å². The molecule has 0 aliphatic rings. The van der Waals surface area contributed by atoms with Crippen molar-refractivity contribution in [2.45, 2.75) is 20.8 Å². The number of rotatable bonds is 4. The van der Waals surface area contributed by atoms with Crippen molar-refractivity contribution in [2.24, 2.45) is 7.05 Å². The zero-order valence-electron chi connectivity index (χ0n) is 17.1. The highest BCUT2D eigenvalue weighted by molar-refractivity contribution is 6.02. The highest BCUT2D eigenvalue weighted by atomic mass is 19.1. The Kier molecular flexibility index (Phi) is 4.91. The predicted molar refractivity (Wildman–Crippen MR) is 114 cm³/mol. The van der Waals surface area contributed by atoms with Crippen molar-refractivity contribution in [3.8, 4) is 5.69 Å². The topological polar surface area (TPSA) is 77.6 Å². The van der Waals surface area contributed by atoms with Crippen LogP contribution in [0.15, 0.2) is 42.6 Å². The van der Waals surface area contributed by atoms with Crippen molar-refractivity contribution in [2.75, 3.05) is 5.32 Å². The SMILES string of the molecule is Cc1nn(-c2ccc(F)cc2)c(C)c1/C=C/C(=O)Nc1cnc2c(c1)c(C)nn2C. The van der Waals surface area contributed by atoms with E-state index >= 15 is 0 Å². The Morgan fingerprint density at radius 2 is 1.83 bits per heavy atom. The number of carbonyl (C=O) groups is 1. The van der Waals surface area contributed by atoms with Crippen LogP contribution in [0.3, 0.4) is 0 Å². The zero-order chi connectivity index (χ0) is 21.4. The molecule has 0 unspecified atom stereocenters. The monoisotopic (exact) mass is 404 g/mol. The molecular weight excluding hydrogens is 383 g/mol. The van der Waals surface area contributed by atoms with Gasteiger partial charge in [-0.1, -0.05) is 0 Å². The smallest absolute Gasteiger partial charge is 0.248 e. The van der Waals surface area contributed by atoms with E-state index in [0.717, 1.165) is 39.4 Å². The summed E-state index contributed by atoms with van der Waals surface area (Å²) in [6.45, 7) is 5.68. The predicted octanol–water partition coefficient (Wildman–Crippen LogP) is 3.87. The average molecular weight is 404 g/mol. The maximum atomic E-state index is 13.2. The molecule has 0 aliphatic carbocycles. The lowest BCUT2D eigenvalue weighted by molar-refractivity contribution is -0.111. The van der Waals surface area contributed by atoms with E-state index < -0.39 is 0 Å². The van der Waals surface area contributed by atoms with Gasteiger partial charge in [-0.2, -0.15) is 10.2 Å². The summed E-state index contributed by atoms with van der Waals surface area (Å²) >= 11 is 0. The highest BCUT2D eigenvalue weighted by Gasteiger charge is 2.12. The molecule has 0 spiro atoms. The lowest BCUT2D eigenvalue weighted by Gasteiger charge is -2.04. The molecule has 0 radical (unpaired) electrons. The lowest BCUT2D eigenvalue weighted by atomic mass is 10.2. The molecule has 0 aliphatic heterocycles. The van der Waals surface area contributed by atoms with Crippen LogP contribution < -0.4 is 5.32 Å². The van der Waals surface area contributed by atoms with Crippen molar-refractivity contribution >= 4 is 28.7 Å². The number of amides is 1. The number of aryl methyl sites for hydroxylation is 3. The fourth-order valence-corrected chi connectivity index (χ4v) is 3.45. The van der Waals surface area contributed by atoms with Crippen molar-refractivity contribution in [1.29, 1.82) is 0 Å². The van der Waals surface area contributed by atoms with Crippen LogP contribution in [0.2, 0.25) is 0 Å². The van der Waals surface area contributed by atoms with Gasteiger partial charge in [0.05, 0.1) is 29.0 Å². The summed E-state index contributed by atoms with van der Waals surface area (Å²) in [5, 5.41) is 12.6. The summed E-state index contributed by atoms with van der Waals surface area (Å²) in [5.74, 6) is -0.572. The summed E-state index contributed by atoms with van der Waals surface area (Å²) in [7, 11) is 1.83. The molecule has 1 amide bonds. The molecular formula is C22H21FN6O. The van der Waals surface area contributed by atoms with Crippen LogP contribution in [0.5, 0.6) is 0 Å². The number of anilines is 1. The number of benzene rings is 1. The highest BCUT2D eigenvalue weighted by Crippen LogP contribution is 2.21.